The van der Waals surface area contributed by atoms with Crippen molar-refractivity contribution in [2.45, 2.75) is 283 Å². The van der Waals surface area contributed by atoms with Gasteiger partial charge in [0.15, 0.2) is 12.4 Å². The van der Waals surface area contributed by atoms with Crippen LogP contribution in [0.4, 0.5) is 0 Å². The number of aliphatic carboxylic acids is 1. The minimum Gasteiger partial charge on any atom is -0.545 e. The summed E-state index contributed by atoms with van der Waals surface area (Å²) in [5.74, 6) is -2.30. The Labute approximate surface area is 486 Å². The molecular weight excluding hydrogens is 983 g/mol. The molecule has 0 fully saturated rings. The number of carbonyl (C=O) groups excluding carboxylic acids is 3. The van der Waals surface area contributed by atoms with E-state index in [9.17, 15) is 19.5 Å². The molecule has 0 saturated heterocycles. The molecule has 0 aliphatic carbocycles. The molecule has 0 rings (SSSR count). The van der Waals surface area contributed by atoms with E-state index in [1.165, 1.54) is 148 Å². The zero-order chi connectivity index (χ0) is 57.6. The van der Waals surface area contributed by atoms with E-state index in [0.717, 1.165) is 89.9 Å². The van der Waals surface area contributed by atoms with E-state index in [2.05, 4.69) is 111 Å². The molecule has 0 aromatic heterocycles. The van der Waals surface area contributed by atoms with Gasteiger partial charge in [0.2, 0.25) is 0 Å². The van der Waals surface area contributed by atoms with E-state index >= 15 is 0 Å². The summed E-state index contributed by atoms with van der Waals surface area (Å²) < 4.78 is 22.8. The molecule has 9 heteroatoms. The molecular formula is C70H121NO8. The topological polar surface area (TPSA) is 111 Å². The SMILES string of the molecule is CC/C=C\C/C=C\C/C=C\C/C=C\C/C=C\C/C=C\C/C=C\CCCCCCCCCC(=O)OC(COC(=O)CCCCCCCCCCCCCCC/C=C\CCCCCCCCCC)COC(OCC[N+](C)(C)C)C(=O)[O-]. The Hall–Kier alpha value is -3.79. The Balaban J connectivity index is 4.23. The van der Waals surface area contributed by atoms with Crippen LogP contribution >= 0.6 is 0 Å². The van der Waals surface area contributed by atoms with Crippen LogP contribution in [0.2, 0.25) is 0 Å². The van der Waals surface area contributed by atoms with Crippen LogP contribution in [0.15, 0.2) is 97.2 Å². The highest BCUT2D eigenvalue weighted by Gasteiger charge is 2.22. The van der Waals surface area contributed by atoms with Crippen molar-refractivity contribution in [3.05, 3.63) is 97.2 Å². The molecule has 0 saturated carbocycles. The second-order valence-electron chi connectivity index (χ2n) is 22.7. The van der Waals surface area contributed by atoms with Gasteiger partial charge in [0.05, 0.1) is 40.3 Å². The van der Waals surface area contributed by atoms with E-state index in [-0.39, 0.29) is 38.6 Å². The lowest BCUT2D eigenvalue weighted by Gasteiger charge is -2.26. The third kappa shape index (κ3) is 61.7. The number of likely N-dealkylation sites (N-methyl/N-ethyl adjacent to an activating group) is 1. The van der Waals surface area contributed by atoms with Crippen LogP contribution in [0.1, 0.15) is 271 Å². The van der Waals surface area contributed by atoms with Gasteiger partial charge in [-0.3, -0.25) is 9.59 Å². The number of esters is 2. The zero-order valence-corrected chi connectivity index (χ0v) is 51.7. The molecule has 2 atom stereocenters. The standard InChI is InChI=1S/C70H121NO8/c1-6-8-10-12-14-16-18-20-22-24-26-28-30-32-33-34-35-37-39-41-43-45-47-49-51-53-55-57-59-61-68(73)79-66(65-78-70(69(74)75)76-63-62-71(3,4)5)64-77-67(72)60-58-56-54-52-50-48-46-44-42-40-38-36-31-29-27-25-23-21-19-17-15-13-11-9-7-2/h8,10,14,16,20,22,25-28,32-33,35,37,41,43,66,70H,6-7,9,11-13,15,17-19,21,23-24,29-31,34,36,38-40,42,44-65H2,1-5H3/b10-8-,16-14-,22-20-,27-25-,28-26-,33-32-,37-35-,43-41-. The second-order valence-corrected chi connectivity index (χ2v) is 22.7. The first-order valence-corrected chi connectivity index (χ1v) is 32.4. The van der Waals surface area contributed by atoms with Crippen LogP contribution in [0.25, 0.3) is 0 Å². The molecule has 454 valence electrons. The Morgan fingerprint density at radius 2 is 0.722 bits per heavy atom. The second kappa shape index (κ2) is 60.3. The summed E-state index contributed by atoms with van der Waals surface area (Å²) in [7, 11) is 5.92. The van der Waals surface area contributed by atoms with Gasteiger partial charge in [-0.25, -0.2) is 0 Å². The summed E-state index contributed by atoms with van der Waals surface area (Å²) in [5.41, 5.74) is 0. The van der Waals surface area contributed by atoms with Gasteiger partial charge in [-0.05, 0) is 96.3 Å². The quantitative estimate of drug-likeness (QED) is 0.0195. The lowest BCUT2D eigenvalue weighted by molar-refractivity contribution is -0.870. The van der Waals surface area contributed by atoms with Crippen LogP contribution in [-0.4, -0.2) is 82.3 Å². The normalized spacial score (nSPS) is 13.4. The number of carboxylic acid groups (broad SMARTS) is 1. The van der Waals surface area contributed by atoms with Crippen LogP contribution in [0.5, 0.6) is 0 Å². The van der Waals surface area contributed by atoms with E-state index < -0.39 is 24.3 Å². The number of unbranched alkanes of at least 4 members (excludes halogenated alkanes) is 28. The fourth-order valence-electron chi connectivity index (χ4n) is 8.87. The van der Waals surface area contributed by atoms with E-state index in [4.69, 9.17) is 18.9 Å². The maximum atomic E-state index is 12.9. The summed E-state index contributed by atoms with van der Waals surface area (Å²) in [4.78, 5) is 37.4. The molecule has 0 aliphatic rings. The van der Waals surface area contributed by atoms with Crippen molar-refractivity contribution in [2.75, 3.05) is 47.5 Å². The molecule has 0 aromatic rings. The monoisotopic (exact) mass is 1100 g/mol. The fraction of sp³-hybridized carbons (Fsp3) is 0.729. The number of quaternary nitrogens is 1. The number of hydrogen-bond acceptors (Lipinski definition) is 8. The maximum Gasteiger partial charge on any atom is 0.306 e. The molecule has 0 radical (unpaired) electrons. The number of hydrogen-bond donors (Lipinski definition) is 0. The summed E-state index contributed by atoms with van der Waals surface area (Å²) in [6, 6.07) is 0. The minimum absolute atomic E-state index is 0.141. The summed E-state index contributed by atoms with van der Waals surface area (Å²) >= 11 is 0. The molecule has 79 heavy (non-hydrogen) atoms. The largest absolute Gasteiger partial charge is 0.545 e. The van der Waals surface area contributed by atoms with Crippen LogP contribution in [0.3, 0.4) is 0 Å². The van der Waals surface area contributed by atoms with Crippen molar-refractivity contribution in [3.8, 4) is 0 Å². The Morgan fingerprint density at radius 1 is 0.392 bits per heavy atom. The molecule has 0 amide bonds. The van der Waals surface area contributed by atoms with Crippen molar-refractivity contribution < 1.29 is 42.9 Å². The van der Waals surface area contributed by atoms with Crippen molar-refractivity contribution in [3.63, 3.8) is 0 Å². The van der Waals surface area contributed by atoms with Gasteiger partial charge >= 0.3 is 11.9 Å². The first-order valence-electron chi connectivity index (χ1n) is 32.4. The highest BCUT2D eigenvalue weighted by Crippen LogP contribution is 2.16. The Morgan fingerprint density at radius 3 is 1.09 bits per heavy atom. The molecule has 0 heterocycles. The van der Waals surface area contributed by atoms with Gasteiger partial charge in [-0.15, -0.1) is 0 Å². The van der Waals surface area contributed by atoms with Crippen LogP contribution < -0.4 is 5.11 Å². The van der Waals surface area contributed by atoms with Gasteiger partial charge in [-0.1, -0.05) is 259 Å². The number of rotatable bonds is 59. The van der Waals surface area contributed by atoms with Crippen molar-refractivity contribution in [2.24, 2.45) is 0 Å². The molecule has 2 unspecified atom stereocenters. The number of ether oxygens (including phenoxy) is 4. The average molecular weight is 1100 g/mol. The number of allylic oxidation sites excluding steroid dienone is 16. The minimum atomic E-state index is -1.63. The van der Waals surface area contributed by atoms with E-state index in [1.807, 2.05) is 21.1 Å². The third-order valence-electron chi connectivity index (χ3n) is 13.8. The lowest BCUT2D eigenvalue weighted by Crippen LogP contribution is -2.44. The Kier molecular flexibility index (Phi) is 57.4. The van der Waals surface area contributed by atoms with Gasteiger partial charge in [-0.2, -0.15) is 0 Å². The number of nitrogens with zero attached hydrogens (tertiary/aromatic N) is 1. The Bertz CT molecular complexity index is 1620. The third-order valence-corrected chi connectivity index (χ3v) is 13.8. The summed E-state index contributed by atoms with van der Waals surface area (Å²) in [6.45, 7) is 4.64. The first kappa shape index (κ1) is 75.2. The number of carbonyl (C=O) groups is 3. The molecule has 0 spiro atoms. The smallest absolute Gasteiger partial charge is 0.306 e. The van der Waals surface area contributed by atoms with Gasteiger partial charge in [0, 0.05) is 12.8 Å². The molecule has 0 N–H and O–H groups in total. The predicted octanol–water partition coefficient (Wildman–Crippen LogP) is 18.4. The fourth-order valence-corrected chi connectivity index (χ4v) is 8.87. The van der Waals surface area contributed by atoms with E-state index in [0.29, 0.717) is 17.4 Å². The molecule has 0 aromatic carbocycles. The average Bonchev–Trinajstić information content (AvgIpc) is 3.42. The molecule has 0 bridgehead atoms. The highest BCUT2D eigenvalue weighted by atomic mass is 16.7. The van der Waals surface area contributed by atoms with Gasteiger partial charge in [0.25, 0.3) is 0 Å². The predicted molar refractivity (Wildman–Crippen MR) is 334 cm³/mol. The van der Waals surface area contributed by atoms with Crippen molar-refractivity contribution in [1.29, 1.82) is 0 Å². The first-order chi connectivity index (χ1) is 38.6. The zero-order valence-electron chi connectivity index (χ0n) is 51.7. The van der Waals surface area contributed by atoms with Crippen LogP contribution in [-0.2, 0) is 33.3 Å². The maximum absolute atomic E-state index is 12.9. The number of carboxylic acids is 1. The van der Waals surface area contributed by atoms with Crippen LogP contribution in [0, 0.1) is 0 Å². The van der Waals surface area contributed by atoms with Gasteiger partial charge < -0.3 is 33.3 Å². The summed E-state index contributed by atoms with van der Waals surface area (Å²) in [5, 5.41) is 11.8. The molecule has 0 aliphatic heterocycles. The lowest BCUT2D eigenvalue weighted by atomic mass is 10.0. The van der Waals surface area contributed by atoms with Gasteiger partial charge in [0.1, 0.15) is 13.2 Å². The summed E-state index contributed by atoms with van der Waals surface area (Å²) in [6.07, 6.45) is 78.9. The molecule has 9 nitrogen and oxygen atoms in total. The highest BCUT2D eigenvalue weighted by molar-refractivity contribution is 5.70. The van der Waals surface area contributed by atoms with E-state index in [1.54, 1.807) is 0 Å². The van der Waals surface area contributed by atoms with Crippen molar-refractivity contribution in [1.82, 2.24) is 0 Å². The van der Waals surface area contributed by atoms with Crippen molar-refractivity contribution >= 4 is 17.9 Å².